The molecular weight excluding hydrogens is 813 g/mol. The van der Waals surface area contributed by atoms with Crippen molar-refractivity contribution in [3.8, 4) is 11.8 Å². The standard InChI is InChI=1S/C42H50Cl2F2N4O9/c1-24(59-39(53)56-17-16-41(5,6)57-23-48-22-54-7)58-38(52)25-12-15-31(32(18-25)55-8)49-37(51)36-34(27-10-9-11-29(44)35(27)46)42(21-47,33(50-36)20-40(2,3)4)28-14-13-26(43)19-30(28)45/h9-15,18-19,24,33-34,36,48,50H,16-17,20,22-23H2,1-8H3,(H,49,51)/t24?,33?,34?,36-,42+/m1/s1. The van der Waals surface area contributed by atoms with E-state index in [2.05, 4.69) is 22.0 Å². The van der Waals surface area contributed by atoms with E-state index in [0.29, 0.717) is 13.2 Å². The predicted octanol–water partition coefficient (Wildman–Crippen LogP) is 8.23. The number of nitrogens with zero attached hydrogens (tertiary/aromatic N) is 1. The lowest BCUT2D eigenvalue weighted by Crippen LogP contribution is -2.45. The first-order valence-corrected chi connectivity index (χ1v) is 19.5. The average molecular weight is 864 g/mol. The molecule has 3 aromatic carbocycles. The molecule has 13 nitrogen and oxygen atoms in total. The number of hydrogen-bond donors (Lipinski definition) is 3. The van der Waals surface area contributed by atoms with Crippen molar-refractivity contribution in [2.45, 2.75) is 89.7 Å². The van der Waals surface area contributed by atoms with Crippen molar-refractivity contribution in [2.24, 2.45) is 5.41 Å². The first kappa shape index (κ1) is 47.1. The Morgan fingerprint density at radius 2 is 1.73 bits per heavy atom. The third-order valence-electron chi connectivity index (χ3n) is 9.70. The Hall–Kier alpha value is -4.56. The lowest BCUT2D eigenvalue weighted by atomic mass is 9.62. The molecule has 1 aliphatic rings. The predicted molar refractivity (Wildman–Crippen MR) is 216 cm³/mol. The lowest BCUT2D eigenvalue weighted by molar-refractivity contribution is -0.118. The molecule has 0 aromatic heterocycles. The second-order valence-electron chi connectivity index (χ2n) is 15.8. The topological polar surface area (TPSA) is 166 Å². The van der Waals surface area contributed by atoms with Crippen LogP contribution in [-0.2, 0) is 33.9 Å². The second kappa shape index (κ2) is 20.1. The van der Waals surface area contributed by atoms with E-state index >= 15 is 8.78 Å². The zero-order valence-electron chi connectivity index (χ0n) is 34.2. The summed E-state index contributed by atoms with van der Waals surface area (Å²) in [6, 6.07) is 12.3. The van der Waals surface area contributed by atoms with Crippen LogP contribution in [0.5, 0.6) is 5.75 Å². The van der Waals surface area contributed by atoms with Gasteiger partial charge in [-0.3, -0.25) is 10.1 Å². The number of halogens is 4. The number of nitriles is 1. The van der Waals surface area contributed by atoms with Gasteiger partial charge in [0.2, 0.25) is 12.2 Å². The number of nitrogens with one attached hydrogen (secondary N) is 3. The maximum absolute atomic E-state index is 16.1. The zero-order chi connectivity index (χ0) is 43.7. The molecule has 0 saturated carbocycles. The largest absolute Gasteiger partial charge is 0.511 e. The fourth-order valence-electron chi connectivity index (χ4n) is 6.94. The van der Waals surface area contributed by atoms with Crippen LogP contribution in [0.25, 0.3) is 0 Å². The Kier molecular flexibility index (Phi) is 16.1. The van der Waals surface area contributed by atoms with Crippen LogP contribution >= 0.6 is 23.2 Å². The van der Waals surface area contributed by atoms with Gasteiger partial charge in [0.05, 0.1) is 61.2 Å². The number of rotatable bonds is 17. The number of carbonyl (C=O) groups is 3. The molecule has 3 N–H and O–H groups in total. The van der Waals surface area contributed by atoms with Crippen LogP contribution in [0.15, 0.2) is 54.6 Å². The fourth-order valence-corrected chi connectivity index (χ4v) is 7.28. The second-order valence-corrected chi connectivity index (χ2v) is 16.6. The molecule has 0 bridgehead atoms. The van der Waals surface area contributed by atoms with E-state index < -0.39 is 70.4 Å². The Morgan fingerprint density at radius 3 is 2.37 bits per heavy atom. The molecule has 1 fully saturated rings. The molecule has 0 radical (unpaired) electrons. The molecule has 5 atom stereocenters. The van der Waals surface area contributed by atoms with Gasteiger partial charge in [0, 0.05) is 43.0 Å². The maximum atomic E-state index is 16.1. The van der Waals surface area contributed by atoms with Crippen LogP contribution in [0.1, 0.15) is 81.8 Å². The monoisotopic (exact) mass is 862 g/mol. The highest BCUT2D eigenvalue weighted by Gasteiger charge is 2.61. The number of amides is 1. The summed E-state index contributed by atoms with van der Waals surface area (Å²) >= 11 is 12.4. The van der Waals surface area contributed by atoms with Crippen molar-refractivity contribution >= 4 is 46.9 Å². The van der Waals surface area contributed by atoms with E-state index in [0.717, 1.165) is 6.07 Å². The van der Waals surface area contributed by atoms with E-state index in [1.165, 1.54) is 62.6 Å². The summed E-state index contributed by atoms with van der Waals surface area (Å²) in [4.78, 5) is 39.8. The highest BCUT2D eigenvalue weighted by atomic mass is 35.5. The minimum absolute atomic E-state index is 0.0190. The van der Waals surface area contributed by atoms with E-state index in [1.54, 1.807) is 7.11 Å². The third kappa shape index (κ3) is 11.8. The Balaban J connectivity index is 1.55. The Labute approximate surface area is 352 Å². The molecule has 1 amide bonds. The molecule has 0 spiro atoms. The molecule has 3 unspecified atom stereocenters. The van der Waals surface area contributed by atoms with Crippen LogP contribution in [0.2, 0.25) is 10.0 Å². The Bertz CT molecular complexity index is 2030. The van der Waals surface area contributed by atoms with Crippen molar-refractivity contribution in [2.75, 3.05) is 39.6 Å². The molecule has 1 aliphatic heterocycles. The number of carbonyl (C=O) groups excluding carboxylic acids is 3. The number of benzene rings is 3. The minimum atomic E-state index is -1.84. The molecule has 59 heavy (non-hydrogen) atoms. The SMILES string of the molecule is COCNCOC(C)(C)CCOC(=O)OC(C)OC(=O)c1ccc(NC(=O)[C@@H]2NC(CC(C)(C)C)[C@](C#N)(c3ccc(Cl)cc3F)C2c2cccc(Cl)c2F)c(OC)c1. The summed E-state index contributed by atoms with van der Waals surface area (Å²) in [5, 5.41) is 19.9. The summed E-state index contributed by atoms with van der Waals surface area (Å²) in [7, 11) is 2.86. The first-order chi connectivity index (χ1) is 27.8. The van der Waals surface area contributed by atoms with Gasteiger partial charge >= 0.3 is 12.1 Å². The number of ether oxygens (including phenoxy) is 6. The smallest absolute Gasteiger partial charge is 0.495 e. The van der Waals surface area contributed by atoms with E-state index in [4.69, 9.17) is 51.6 Å². The summed E-state index contributed by atoms with van der Waals surface area (Å²) in [6.45, 7) is 11.3. The van der Waals surface area contributed by atoms with Crippen LogP contribution in [0, 0.1) is 28.4 Å². The molecule has 17 heteroatoms. The number of methoxy groups -OCH3 is 2. The van der Waals surface area contributed by atoms with Gasteiger partial charge in [0.25, 0.3) is 0 Å². The summed E-state index contributed by atoms with van der Waals surface area (Å²) in [6.07, 6.45) is -1.78. The van der Waals surface area contributed by atoms with Gasteiger partial charge in [-0.15, -0.1) is 0 Å². The van der Waals surface area contributed by atoms with Crippen LogP contribution < -0.4 is 20.7 Å². The Morgan fingerprint density at radius 1 is 1.00 bits per heavy atom. The van der Waals surface area contributed by atoms with Crippen molar-refractivity contribution in [3.05, 3.63) is 93.0 Å². The van der Waals surface area contributed by atoms with Gasteiger partial charge < -0.3 is 39.1 Å². The molecule has 1 saturated heterocycles. The van der Waals surface area contributed by atoms with Gasteiger partial charge in [0.15, 0.2) is 0 Å². The number of esters is 1. The molecule has 1 heterocycles. The lowest BCUT2D eigenvalue weighted by Gasteiger charge is -2.37. The van der Waals surface area contributed by atoms with E-state index in [1.807, 2.05) is 34.6 Å². The number of anilines is 1. The van der Waals surface area contributed by atoms with Crippen LogP contribution in [-0.4, -0.2) is 76.3 Å². The average Bonchev–Trinajstić information content (AvgIpc) is 3.47. The highest BCUT2D eigenvalue weighted by molar-refractivity contribution is 6.31. The maximum Gasteiger partial charge on any atom is 0.511 e. The quantitative estimate of drug-likeness (QED) is 0.0677. The normalized spacial score (nSPS) is 19.7. The van der Waals surface area contributed by atoms with Crippen molar-refractivity contribution in [3.63, 3.8) is 0 Å². The van der Waals surface area contributed by atoms with Gasteiger partial charge in [-0.1, -0.05) is 62.2 Å². The minimum Gasteiger partial charge on any atom is -0.495 e. The van der Waals surface area contributed by atoms with Gasteiger partial charge in [-0.2, -0.15) is 5.26 Å². The number of hydrogen-bond acceptors (Lipinski definition) is 12. The summed E-state index contributed by atoms with van der Waals surface area (Å²) < 4.78 is 63.6. The highest BCUT2D eigenvalue weighted by Crippen LogP contribution is 2.53. The van der Waals surface area contributed by atoms with Crippen molar-refractivity contribution in [1.29, 1.82) is 5.26 Å². The van der Waals surface area contributed by atoms with E-state index in [9.17, 15) is 19.6 Å². The summed E-state index contributed by atoms with van der Waals surface area (Å²) in [5.41, 5.74) is -2.98. The van der Waals surface area contributed by atoms with Gasteiger partial charge in [-0.25, -0.2) is 18.4 Å². The molecule has 4 rings (SSSR count). The molecular formula is C42H50Cl2F2N4O9. The first-order valence-electron chi connectivity index (χ1n) is 18.7. The third-order valence-corrected chi connectivity index (χ3v) is 10.2. The molecule has 0 aliphatic carbocycles. The molecule has 3 aromatic rings. The van der Waals surface area contributed by atoms with Crippen LogP contribution in [0.3, 0.4) is 0 Å². The van der Waals surface area contributed by atoms with Crippen LogP contribution in [0.4, 0.5) is 19.3 Å². The zero-order valence-corrected chi connectivity index (χ0v) is 35.7. The van der Waals surface area contributed by atoms with Crippen molar-refractivity contribution in [1.82, 2.24) is 10.6 Å². The van der Waals surface area contributed by atoms with Gasteiger partial charge in [-0.05, 0) is 67.6 Å². The van der Waals surface area contributed by atoms with Gasteiger partial charge in [0.1, 0.15) is 22.8 Å². The van der Waals surface area contributed by atoms with Crippen molar-refractivity contribution < 1.29 is 51.6 Å². The summed E-state index contributed by atoms with van der Waals surface area (Å²) in [5.74, 6) is -4.55. The fraction of sp³-hybridized carbons (Fsp3) is 0.476. The van der Waals surface area contributed by atoms with E-state index in [-0.39, 0.29) is 57.9 Å². The molecule has 320 valence electrons.